The maximum absolute atomic E-state index is 11.8. The third-order valence-corrected chi connectivity index (χ3v) is 3.37. The standard InChI is InChI=1S/C13H10O.C9H10O/c14-13(11-7-3-1-4-8-11)12-9-5-2-6-10-12;10-8-4-7-9-5-2-1-3-6-9/h1-10H;1-6,8,10H,7H2. The first kappa shape index (κ1) is 17.2. The van der Waals surface area contributed by atoms with Crippen LogP contribution >= 0.6 is 0 Å². The summed E-state index contributed by atoms with van der Waals surface area (Å²) in [4.78, 5) is 11.8. The van der Waals surface area contributed by atoms with E-state index in [-0.39, 0.29) is 5.78 Å². The molecule has 3 aromatic carbocycles. The molecule has 2 nitrogen and oxygen atoms in total. The van der Waals surface area contributed by atoms with E-state index >= 15 is 0 Å². The second-order valence-electron chi connectivity index (χ2n) is 5.14. The van der Waals surface area contributed by atoms with Crippen LogP contribution in [-0.2, 0) is 6.42 Å². The summed E-state index contributed by atoms with van der Waals surface area (Å²) < 4.78 is 0. The van der Waals surface area contributed by atoms with Crippen LogP contribution in [0.25, 0.3) is 0 Å². The number of carbonyl (C=O) groups is 1. The Morgan fingerprint density at radius 1 is 0.708 bits per heavy atom. The monoisotopic (exact) mass is 316 g/mol. The van der Waals surface area contributed by atoms with E-state index in [0.29, 0.717) is 0 Å². The van der Waals surface area contributed by atoms with Crippen LogP contribution in [0, 0.1) is 0 Å². The van der Waals surface area contributed by atoms with Crippen LogP contribution < -0.4 is 0 Å². The molecule has 0 aliphatic rings. The smallest absolute Gasteiger partial charge is 0.193 e. The number of aliphatic hydroxyl groups excluding tert-OH is 1. The first-order chi connectivity index (χ1) is 11.8. The molecule has 0 amide bonds. The van der Waals surface area contributed by atoms with E-state index in [1.165, 1.54) is 5.56 Å². The summed E-state index contributed by atoms with van der Waals surface area (Å²) in [5.41, 5.74) is 2.69. The van der Waals surface area contributed by atoms with Gasteiger partial charge in [-0.1, -0.05) is 91.0 Å². The molecule has 3 aromatic rings. The van der Waals surface area contributed by atoms with Gasteiger partial charge in [0.05, 0.1) is 6.26 Å². The quantitative estimate of drug-likeness (QED) is 0.529. The number of benzene rings is 3. The van der Waals surface area contributed by atoms with Gasteiger partial charge in [0.2, 0.25) is 0 Å². The molecule has 0 saturated heterocycles. The van der Waals surface area contributed by atoms with Crippen molar-refractivity contribution in [2.45, 2.75) is 6.42 Å². The largest absolute Gasteiger partial charge is 0.516 e. The van der Waals surface area contributed by atoms with Gasteiger partial charge in [0, 0.05) is 11.1 Å². The van der Waals surface area contributed by atoms with Gasteiger partial charge < -0.3 is 5.11 Å². The fourth-order valence-corrected chi connectivity index (χ4v) is 2.15. The Labute approximate surface area is 142 Å². The van der Waals surface area contributed by atoms with Gasteiger partial charge in [-0.15, -0.1) is 0 Å². The Bertz CT molecular complexity index is 706. The van der Waals surface area contributed by atoms with E-state index in [1.54, 1.807) is 6.08 Å². The minimum Gasteiger partial charge on any atom is -0.516 e. The van der Waals surface area contributed by atoms with Crippen molar-refractivity contribution in [3.63, 3.8) is 0 Å². The SMILES string of the molecule is O=C(c1ccccc1)c1ccccc1.OC=CCc1ccccc1. The normalized spacial score (nSPS) is 10.0. The highest BCUT2D eigenvalue weighted by Gasteiger charge is 2.06. The van der Waals surface area contributed by atoms with E-state index in [9.17, 15) is 4.79 Å². The van der Waals surface area contributed by atoms with Gasteiger partial charge in [0.1, 0.15) is 0 Å². The molecule has 1 N–H and O–H groups in total. The molecule has 0 heterocycles. The molecule has 0 atom stereocenters. The number of hydrogen-bond donors (Lipinski definition) is 1. The second kappa shape index (κ2) is 9.80. The second-order valence-corrected chi connectivity index (χ2v) is 5.14. The average molecular weight is 316 g/mol. The number of hydrogen-bond acceptors (Lipinski definition) is 2. The van der Waals surface area contributed by atoms with Crippen molar-refractivity contribution in [2.75, 3.05) is 0 Å². The summed E-state index contributed by atoms with van der Waals surface area (Å²) in [6.07, 6.45) is 3.60. The maximum Gasteiger partial charge on any atom is 0.193 e. The van der Waals surface area contributed by atoms with Crippen molar-refractivity contribution in [1.82, 2.24) is 0 Å². The van der Waals surface area contributed by atoms with E-state index in [1.807, 2.05) is 91.0 Å². The van der Waals surface area contributed by atoms with E-state index in [2.05, 4.69) is 0 Å². The van der Waals surface area contributed by atoms with E-state index in [0.717, 1.165) is 23.8 Å². The molecule has 0 unspecified atom stereocenters. The summed E-state index contributed by atoms with van der Waals surface area (Å²) in [5.74, 6) is 0.0752. The highest BCUT2D eigenvalue weighted by molar-refractivity contribution is 6.08. The van der Waals surface area contributed by atoms with Crippen molar-refractivity contribution in [1.29, 1.82) is 0 Å². The molecular weight excluding hydrogens is 296 g/mol. The first-order valence-electron chi connectivity index (χ1n) is 7.79. The lowest BCUT2D eigenvalue weighted by Crippen LogP contribution is -1.99. The molecule has 24 heavy (non-hydrogen) atoms. The first-order valence-corrected chi connectivity index (χ1v) is 7.79. The number of rotatable bonds is 4. The summed E-state index contributed by atoms with van der Waals surface area (Å²) in [7, 11) is 0. The third kappa shape index (κ3) is 5.58. The van der Waals surface area contributed by atoms with E-state index in [4.69, 9.17) is 5.11 Å². The molecule has 0 spiro atoms. The van der Waals surface area contributed by atoms with Gasteiger partial charge in [-0.25, -0.2) is 0 Å². The Hall–Kier alpha value is -3.13. The van der Waals surface area contributed by atoms with Crippen LogP contribution in [0.4, 0.5) is 0 Å². The highest BCUT2D eigenvalue weighted by atomic mass is 16.2. The molecule has 0 aliphatic heterocycles. The molecule has 120 valence electrons. The highest BCUT2D eigenvalue weighted by Crippen LogP contribution is 2.08. The predicted molar refractivity (Wildman–Crippen MR) is 98.2 cm³/mol. The Balaban J connectivity index is 0.000000185. The van der Waals surface area contributed by atoms with Gasteiger partial charge >= 0.3 is 0 Å². The van der Waals surface area contributed by atoms with Crippen LogP contribution in [-0.4, -0.2) is 10.9 Å². The predicted octanol–water partition coefficient (Wildman–Crippen LogP) is 5.22. The molecule has 0 radical (unpaired) electrons. The summed E-state index contributed by atoms with van der Waals surface area (Å²) in [6.45, 7) is 0. The zero-order valence-electron chi connectivity index (χ0n) is 13.4. The number of aliphatic hydroxyl groups is 1. The van der Waals surface area contributed by atoms with Gasteiger partial charge in [0.25, 0.3) is 0 Å². The Kier molecular flexibility index (Phi) is 7.03. The molecule has 3 rings (SSSR count). The van der Waals surface area contributed by atoms with E-state index < -0.39 is 0 Å². The third-order valence-electron chi connectivity index (χ3n) is 3.37. The van der Waals surface area contributed by atoms with Crippen LogP contribution in [0.15, 0.2) is 103 Å². The number of allylic oxidation sites excluding steroid dienone is 1. The molecule has 0 aromatic heterocycles. The lowest BCUT2D eigenvalue weighted by molar-refractivity contribution is 0.103. The average Bonchev–Trinajstić information content (AvgIpc) is 2.68. The summed E-state index contributed by atoms with van der Waals surface area (Å²) >= 11 is 0. The lowest BCUT2D eigenvalue weighted by Gasteiger charge is -1.99. The number of carbonyl (C=O) groups excluding carboxylic acids is 1. The van der Waals surface area contributed by atoms with Crippen LogP contribution in [0.1, 0.15) is 21.5 Å². The Morgan fingerprint density at radius 3 is 1.54 bits per heavy atom. The van der Waals surface area contributed by atoms with Gasteiger partial charge in [0.15, 0.2) is 5.78 Å². The maximum atomic E-state index is 11.8. The lowest BCUT2D eigenvalue weighted by atomic mass is 10.0. The van der Waals surface area contributed by atoms with Gasteiger partial charge in [-0.3, -0.25) is 4.79 Å². The molecule has 0 aliphatic carbocycles. The molecular formula is C22H20O2. The van der Waals surface area contributed by atoms with Crippen LogP contribution in [0.5, 0.6) is 0 Å². The van der Waals surface area contributed by atoms with Gasteiger partial charge in [-0.2, -0.15) is 0 Å². The summed E-state index contributed by atoms with van der Waals surface area (Å²) in [5, 5.41) is 8.35. The zero-order valence-corrected chi connectivity index (χ0v) is 13.4. The van der Waals surface area contributed by atoms with Crippen molar-refractivity contribution in [3.05, 3.63) is 120 Å². The zero-order chi connectivity index (χ0) is 17.0. The van der Waals surface area contributed by atoms with Crippen molar-refractivity contribution < 1.29 is 9.90 Å². The van der Waals surface area contributed by atoms with Crippen LogP contribution in [0.3, 0.4) is 0 Å². The summed E-state index contributed by atoms with van der Waals surface area (Å²) in [6, 6.07) is 28.6. The fraction of sp³-hybridized carbons (Fsp3) is 0.0455. The topological polar surface area (TPSA) is 37.3 Å². The van der Waals surface area contributed by atoms with Gasteiger partial charge in [-0.05, 0) is 18.1 Å². The number of ketones is 1. The fourth-order valence-electron chi connectivity index (χ4n) is 2.15. The molecule has 2 heteroatoms. The molecule has 0 saturated carbocycles. The van der Waals surface area contributed by atoms with Crippen molar-refractivity contribution in [3.8, 4) is 0 Å². The van der Waals surface area contributed by atoms with Crippen LogP contribution in [0.2, 0.25) is 0 Å². The molecule has 0 fully saturated rings. The molecule has 0 bridgehead atoms. The minimum atomic E-state index is 0.0752. The minimum absolute atomic E-state index is 0.0752. The van der Waals surface area contributed by atoms with Crippen molar-refractivity contribution in [2.24, 2.45) is 0 Å². The Morgan fingerprint density at radius 2 is 1.12 bits per heavy atom. The van der Waals surface area contributed by atoms with Crippen molar-refractivity contribution >= 4 is 5.78 Å².